The fourth-order valence-electron chi connectivity index (χ4n) is 5.87. The number of nitrogens with one attached hydrogen (secondary N) is 2. The third-order valence-corrected chi connectivity index (χ3v) is 7.90. The van der Waals surface area contributed by atoms with Gasteiger partial charge in [0, 0.05) is 17.5 Å². The van der Waals surface area contributed by atoms with Gasteiger partial charge < -0.3 is 36.8 Å². The van der Waals surface area contributed by atoms with Crippen molar-refractivity contribution in [2.45, 2.75) is 44.4 Å². The van der Waals surface area contributed by atoms with Gasteiger partial charge >= 0.3 is 0 Å². The molecule has 0 saturated heterocycles. The summed E-state index contributed by atoms with van der Waals surface area (Å²) < 4.78 is 0. The van der Waals surface area contributed by atoms with Crippen molar-refractivity contribution in [2.24, 2.45) is 17.6 Å². The summed E-state index contributed by atoms with van der Waals surface area (Å²) in [7, 11) is 3.11. The van der Waals surface area contributed by atoms with Crippen LogP contribution in [0, 0.1) is 11.8 Å². The van der Waals surface area contributed by atoms with Crippen molar-refractivity contribution in [3.63, 3.8) is 0 Å². The number of rotatable bonds is 6. The Hall–Kier alpha value is -2.87. The molecule has 0 bridgehead atoms. The molecule has 3 aliphatic carbocycles. The van der Waals surface area contributed by atoms with Gasteiger partial charge in [-0.1, -0.05) is 25.4 Å². The van der Waals surface area contributed by atoms with Crippen LogP contribution in [0.15, 0.2) is 28.7 Å². The summed E-state index contributed by atoms with van der Waals surface area (Å²) >= 11 is 6.36. The lowest BCUT2D eigenvalue weighted by Gasteiger charge is -2.50. The molecule has 1 aromatic rings. The molecule has 8 N–H and O–H groups in total. The van der Waals surface area contributed by atoms with Gasteiger partial charge in [-0.2, -0.15) is 0 Å². The lowest BCUT2D eigenvalue weighted by Crippen LogP contribution is -2.63. The number of hydrogen-bond donors (Lipinski definition) is 7. The van der Waals surface area contributed by atoms with E-state index in [4.69, 9.17) is 17.3 Å². The van der Waals surface area contributed by atoms with E-state index in [1.54, 1.807) is 14.1 Å². The standard InChI is InChI=1S/C26H31ClN4O8.2ClH/c1-9(2)29-8-14(32)30-18-13(27)7-11-5-10-6-12-19(31(3)4)22(35)17(25(28)38)24(37)26(12,39)23(36)16(10)20(33)15(11)21(18)34;;/h7,9-10,12,19,29,34-36,39H,5-6,8H2,1-4H3,(H2,28,38)(H,30,32);2*1H/t10?,12?,19-,26?;;/m0../s1. The molecule has 0 aliphatic heterocycles. The summed E-state index contributed by atoms with van der Waals surface area (Å²) in [6.45, 7) is 3.60. The van der Waals surface area contributed by atoms with E-state index in [2.05, 4.69) is 10.6 Å². The highest BCUT2D eigenvalue weighted by Gasteiger charge is 2.63. The van der Waals surface area contributed by atoms with Gasteiger partial charge in [0.05, 0.1) is 23.2 Å². The summed E-state index contributed by atoms with van der Waals surface area (Å²) in [4.78, 5) is 53.0. The first kappa shape index (κ1) is 34.3. The molecular weight excluding hydrogens is 603 g/mol. The van der Waals surface area contributed by atoms with Crippen LogP contribution in [0.1, 0.15) is 36.2 Å². The van der Waals surface area contributed by atoms with Crippen LogP contribution in [-0.4, -0.2) is 87.0 Å². The predicted octanol–water partition coefficient (Wildman–Crippen LogP) is 1.55. The van der Waals surface area contributed by atoms with Crippen LogP contribution in [0.4, 0.5) is 5.69 Å². The maximum atomic E-state index is 13.7. The molecule has 1 aromatic carbocycles. The first-order valence-corrected chi connectivity index (χ1v) is 12.7. The zero-order valence-corrected chi connectivity index (χ0v) is 25.0. The number of amides is 2. The number of likely N-dealkylation sites (N-methyl/N-ethyl adjacent to an activating group) is 1. The number of aliphatic hydroxyl groups is 3. The van der Waals surface area contributed by atoms with Crippen molar-refractivity contribution >= 4 is 65.5 Å². The van der Waals surface area contributed by atoms with E-state index in [1.165, 1.54) is 11.0 Å². The van der Waals surface area contributed by atoms with E-state index < -0.39 is 69.7 Å². The normalized spacial score (nSPS) is 25.2. The first-order chi connectivity index (χ1) is 18.1. The minimum absolute atomic E-state index is 0. The molecule has 0 radical (unpaired) electrons. The number of hydrogen-bond acceptors (Lipinski definition) is 10. The summed E-state index contributed by atoms with van der Waals surface area (Å²) in [6.07, 6.45) is 0.0501. The smallest absolute Gasteiger partial charge is 0.255 e. The van der Waals surface area contributed by atoms with Crippen molar-refractivity contribution in [1.82, 2.24) is 10.2 Å². The van der Waals surface area contributed by atoms with Crippen LogP contribution >= 0.6 is 36.4 Å². The van der Waals surface area contributed by atoms with Crippen molar-refractivity contribution in [1.29, 1.82) is 0 Å². The quantitative estimate of drug-likeness (QED) is 0.178. The van der Waals surface area contributed by atoms with Gasteiger partial charge in [-0.3, -0.25) is 24.1 Å². The molecule has 0 heterocycles. The lowest BCUT2D eigenvalue weighted by atomic mass is 9.58. The second-order valence-corrected chi connectivity index (χ2v) is 11.1. The number of phenolic OH excluding ortho intramolecular Hbond substituents is 1. The van der Waals surface area contributed by atoms with Crippen molar-refractivity contribution in [2.75, 3.05) is 26.0 Å². The molecule has 15 heteroatoms. The van der Waals surface area contributed by atoms with E-state index >= 15 is 0 Å². The second-order valence-electron chi connectivity index (χ2n) is 10.7. The summed E-state index contributed by atoms with van der Waals surface area (Å²) in [6, 6.07) is 0.371. The Bertz CT molecular complexity index is 1380. The van der Waals surface area contributed by atoms with E-state index in [0.29, 0.717) is 5.56 Å². The van der Waals surface area contributed by atoms with Crippen LogP contribution < -0.4 is 16.4 Å². The van der Waals surface area contributed by atoms with Crippen LogP contribution in [0.25, 0.3) is 0 Å². The topological polar surface area (TPSA) is 203 Å². The molecule has 3 unspecified atom stereocenters. The number of carbonyl (C=O) groups excluding carboxylic acids is 4. The highest BCUT2D eigenvalue weighted by Crippen LogP contribution is 2.53. The fourth-order valence-corrected chi connectivity index (χ4v) is 6.14. The highest BCUT2D eigenvalue weighted by molar-refractivity contribution is 6.35. The summed E-state index contributed by atoms with van der Waals surface area (Å²) in [5, 5.41) is 50.2. The molecule has 4 rings (SSSR count). The molecular formula is C26H33Cl3N4O8. The van der Waals surface area contributed by atoms with Gasteiger partial charge in [0.1, 0.15) is 22.8 Å². The van der Waals surface area contributed by atoms with E-state index in [-0.39, 0.29) is 72.1 Å². The van der Waals surface area contributed by atoms with E-state index in [9.17, 15) is 39.6 Å². The van der Waals surface area contributed by atoms with Crippen LogP contribution in [-0.2, 0) is 20.8 Å². The highest BCUT2D eigenvalue weighted by atomic mass is 35.5. The number of allylic oxidation sites excluding steroid dienone is 1. The number of carbonyl (C=O) groups is 4. The summed E-state index contributed by atoms with van der Waals surface area (Å²) in [5.74, 6) is -8.08. The van der Waals surface area contributed by atoms with Gasteiger partial charge in [-0.15, -0.1) is 24.8 Å². The number of aromatic hydroxyl groups is 1. The van der Waals surface area contributed by atoms with Crippen LogP contribution in [0.3, 0.4) is 0 Å². The third-order valence-electron chi connectivity index (χ3n) is 7.60. The first-order valence-electron chi connectivity index (χ1n) is 12.3. The molecule has 0 fully saturated rings. The number of anilines is 1. The fraction of sp³-hybridized carbons (Fsp3) is 0.462. The number of nitrogens with two attached hydrogens (primary N) is 1. The molecule has 0 spiro atoms. The predicted molar refractivity (Wildman–Crippen MR) is 155 cm³/mol. The van der Waals surface area contributed by atoms with Crippen LogP contribution in [0.5, 0.6) is 5.75 Å². The van der Waals surface area contributed by atoms with E-state index in [1.807, 2.05) is 13.8 Å². The molecule has 41 heavy (non-hydrogen) atoms. The SMILES string of the molecule is CC(C)NCC(=O)Nc1c(Cl)cc2c(c1O)C(=O)C1=C(O)C3(O)C(=O)C(C(N)=O)=C(O)[C@@H](N(C)C)C3CC1C2.Cl.Cl. The van der Waals surface area contributed by atoms with Crippen molar-refractivity contribution < 1.29 is 39.6 Å². The Labute approximate surface area is 253 Å². The average Bonchev–Trinajstić information content (AvgIpc) is 2.82. The average molecular weight is 636 g/mol. The third kappa shape index (κ3) is 5.40. The molecule has 226 valence electrons. The van der Waals surface area contributed by atoms with Gasteiger partial charge in [-0.05, 0) is 44.5 Å². The Morgan fingerprint density at radius 1 is 1.20 bits per heavy atom. The molecule has 0 aromatic heterocycles. The number of fused-ring (bicyclic) bond motifs is 3. The van der Waals surface area contributed by atoms with Gasteiger partial charge in [0.15, 0.2) is 17.1 Å². The number of ketones is 2. The van der Waals surface area contributed by atoms with Crippen molar-refractivity contribution in [3.05, 3.63) is 44.9 Å². The number of nitrogens with zero attached hydrogens (tertiary/aromatic N) is 1. The number of benzene rings is 1. The number of phenols is 1. The minimum Gasteiger partial charge on any atom is -0.510 e. The van der Waals surface area contributed by atoms with E-state index in [0.717, 1.165) is 0 Å². The monoisotopic (exact) mass is 634 g/mol. The second kappa shape index (κ2) is 12.2. The van der Waals surface area contributed by atoms with Gasteiger partial charge in [0.2, 0.25) is 11.7 Å². The Morgan fingerprint density at radius 3 is 2.34 bits per heavy atom. The Balaban J connectivity index is 0.00000294. The zero-order chi connectivity index (χ0) is 29.1. The summed E-state index contributed by atoms with van der Waals surface area (Å²) in [5.41, 5.74) is 1.32. The number of primary amides is 1. The maximum Gasteiger partial charge on any atom is 0.255 e. The molecule has 3 aliphatic rings. The molecule has 4 atom stereocenters. The molecule has 2 amide bonds. The minimum atomic E-state index is -2.73. The number of halogens is 3. The largest absolute Gasteiger partial charge is 0.510 e. The maximum absolute atomic E-state index is 13.7. The Morgan fingerprint density at radius 2 is 1.80 bits per heavy atom. The van der Waals surface area contributed by atoms with Crippen molar-refractivity contribution in [3.8, 4) is 5.75 Å². The molecule has 0 saturated carbocycles. The van der Waals surface area contributed by atoms with Gasteiger partial charge in [-0.25, -0.2) is 0 Å². The number of Topliss-reactive ketones (excluding diaryl/α,β-unsaturated/α-hetero) is 2. The lowest BCUT2D eigenvalue weighted by molar-refractivity contribution is -0.148. The number of aliphatic hydroxyl groups excluding tert-OH is 2. The Kier molecular flexibility index (Phi) is 10.2. The molecule has 12 nitrogen and oxygen atoms in total. The van der Waals surface area contributed by atoms with Crippen LogP contribution in [0.2, 0.25) is 5.02 Å². The van der Waals surface area contributed by atoms with Gasteiger partial charge in [0.25, 0.3) is 5.91 Å². The zero-order valence-electron chi connectivity index (χ0n) is 22.6.